The summed E-state index contributed by atoms with van der Waals surface area (Å²) in [4.78, 5) is 4.48. The van der Waals surface area contributed by atoms with Crippen molar-refractivity contribution in [2.75, 3.05) is 13.2 Å². The lowest BCUT2D eigenvalue weighted by Gasteiger charge is -2.23. The van der Waals surface area contributed by atoms with Crippen LogP contribution in [-0.2, 0) is 11.3 Å². The smallest absolute Gasteiger partial charge is 0.0702 e. The maximum Gasteiger partial charge on any atom is 0.0702 e. The summed E-state index contributed by atoms with van der Waals surface area (Å²) < 4.78 is 5.36. The van der Waals surface area contributed by atoms with E-state index < -0.39 is 0 Å². The Bertz CT molecular complexity index is 521. The summed E-state index contributed by atoms with van der Waals surface area (Å²) in [5.41, 5.74) is 2.31. The molecule has 1 aromatic heterocycles. The highest BCUT2D eigenvalue weighted by Crippen LogP contribution is 2.13. The summed E-state index contributed by atoms with van der Waals surface area (Å²) in [5, 5.41) is 4.79. The van der Waals surface area contributed by atoms with Gasteiger partial charge in [0.15, 0.2) is 0 Å². The average Bonchev–Trinajstić information content (AvgIpc) is 2.46. The predicted octanol–water partition coefficient (Wildman–Crippen LogP) is 2.50. The van der Waals surface area contributed by atoms with Crippen molar-refractivity contribution in [2.45, 2.75) is 25.4 Å². The van der Waals surface area contributed by atoms with E-state index in [1.807, 2.05) is 18.3 Å². The molecule has 3 nitrogen and oxygen atoms in total. The number of hydrogen-bond donors (Lipinski definition) is 1. The number of nitrogens with zero attached hydrogens (tertiary/aromatic N) is 1. The summed E-state index contributed by atoms with van der Waals surface area (Å²) >= 11 is 0. The quantitative estimate of drug-likeness (QED) is 0.898. The molecular weight excluding hydrogens is 224 g/mol. The van der Waals surface area contributed by atoms with Crippen LogP contribution in [0.1, 0.15) is 18.4 Å². The van der Waals surface area contributed by atoms with Crippen LogP contribution in [0.2, 0.25) is 0 Å². The zero-order valence-corrected chi connectivity index (χ0v) is 10.4. The molecule has 0 aliphatic carbocycles. The number of rotatable bonds is 3. The number of benzene rings is 1. The minimum Gasteiger partial charge on any atom is -0.381 e. The van der Waals surface area contributed by atoms with Crippen molar-refractivity contribution < 1.29 is 4.74 Å². The highest BCUT2D eigenvalue weighted by molar-refractivity contribution is 5.78. The molecule has 2 heterocycles. The number of nitrogens with one attached hydrogen (secondary N) is 1. The van der Waals surface area contributed by atoms with Crippen LogP contribution in [-0.4, -0.2) is 24.2 Å². The van der Waals surface area contributed by atoms with E-state index in [9.17, 15) is 0 Å². The van der Waals surface area contributed by atoms with Gasteiger partial charge in [-0.25, -0.2) is 0 Å². The van der Waals surface area contributed by atoms with Crippen molar-refractivity contribution >= 4 is 10.9 Å². The number of para-hydroxylation sites is 1. The van der Waals surface area contributed by atoms with Crippen LogP contribution in [0.4, 0.5) is 0 Å². The first-order valence-corrected chi connectivity index (χ1v) is 6.56. The molecule has 1 saturated heterocycles. The predicted molar refractivity (Wildman–Crippen MR) is 72.4 cm³/mol. The van der Waals surface area contributed by atoms with Gasteiger partial charge in [0.05, 0.1) is 5.52 Å². The van der Waals surface area contributed by atoms with Crippen molar-refractivity contribution in [3.8, 4) is 0 Å². The van der Waals surface area contributed by atoms with Crippen molar-refractivity contribution in [2.24, 2.45) is 0 Å². The molecule has 1 aromatic carbocycles. The number of hydrogen-bond acceptors (Lipinski definition) is 3. The molecule has 3 heteroatoms. The van der Waals surface area contributed by atoms with E-state index in [0.717, 1.165) is 38.1 Å². The van der Waals surface area contributed by atoms with Gasteiger partial charge in [-0.05, 0) is 30.5 Å². The monoisotopic (exact) mass is 242 g/mol. The van der Waals surface area contributed by atoms with Gasteiger partial charge in [-0.15, -0.1) is 0 Å². The second-order valence-corrected chi connectivity index (χ2v) is 4.80. The number of fused-ring (bicyclic) bond motifs is 1. The second kappa shape index (κ2) is 5.46. The van der Waals surface area contributed by atoms with Crippen molar-refractivity contribution in [1.29, 1.82) is 0 Å². The van der Waals surface area contributed by atoms with E-state index >= 15 is 0 Å². The van der Waals surface area contributed by atoms with Gasteiger partial charge >= 0.3 is 0 Å². The van der Waals surface area contributed by atoms with Gasteiger partial charge in [0.25, 0.3) is 0 Å². The van der Waals surface area contributed by atoms with Crippen LogP contribution in [0, 0.1) is 0 Å². The molecule has 0 radical (unpaired) electrons. The molecule has 0 saturated carbocycles. The van der Waals surface area contributed by atoms with E-state index in [2.05, 4.69) is 28.5 Å². The van der Waals surface area contributed by atoms with Crippen LogP contribution >= 0.6 is 0 Å². The molecule has 3 rings (SSSR count). The highest BCUT2D eigenvalue weighted by atomic mass is 16.5. The lowest BCUT2D eigenvalue weighted by molar-refractivity contribution is 0.0776. The third-order valence-corrected chi connectivity index (χ3v) is 3.46. The minimum atomic E-state index is 0.588. The Labute approximate surface area is 107 Å². The maximum absolute atomic E-state index is 5.36. The van der Waals surface area contributed by atoms with Crippen molar-refractivity contribution in [3.05, 3.63) is 42.1 Å². The van der Waals surface area contributed by atoms with Crippen molar-refractivity contribution in [1.82, 2.24) is 10.3 Å². The largest absolute Gasteiger partial charge is 0.381 e. The fourth-order valence-corrected chi connectivity index (χ4v) is 2.38. The van der Waals surface area contributed by atoms with Gasteiger partial charge < -0.3 is 10.1 Å². The molecule has 0 bridgehead atoms. The van der Waals surface area contributed by atoms with E-state index in [1.165, 1.54) is 10.9 Å². The zero-order valence-electron chi connectivity index (χ0n) is 10.4. The summed E-state index contributed by atoms with van der Waals surface area (Å²) in [6.07, 6.45) is 4.19. The molecule has 1 aliphatic heterocycles. The Kier molecular flexibility index (Phi) is 3.53. The zero-order chi connectivity index (χ0) is 12.2. The van der Waals surface area contributed by atoms with Crippen LogP contribution in [0.3, 0.4) is 0 Å². The molecule has 18 heavy (non-hydrogen) atoms. The molecule has 1 aliphatic rings. The van der Waals surface area contributed by atoms with Gasteiger partial charge in [0, 0.05) is 37.4 Å². The standard InChI is InChI=1S/C15H18N2O/c1-2-4-15-13(3-1)9-12(11-17-15)10-16-14-5-7-18-8-6-14/h1-4,9,11,14,16H,5-8,10H2. The molecule has 0 unspecified atom stereocenters. The molecule has 0 spiro atoms. The van der Waals surface area contributed by atoms with Gasteiger partial charge in [-0.1, -0.05) is 18.2 Å². The fraction of sp³-hybridized carbons (Fsp3) is 0.400. The first kappa shape index (κ1) is 11.6. The lowest BCUT2D eigenvalue weighted by Crippen LogP contribution is -2.34. The Morgan fingerprint density at radius 2 is 2.06 bits per heavy atom. The summed E-state index contributed by atoms with van der Waals surface area (Å²) in [7, 11) is 0. The normalized spacial score (nSPS) is 17.1. The molecular formula is C15H18N2O. The Morgan fingerprint density at radius 3 is 2.94 bits per heavy atom. The number of pyridine rings is 1. The van der Waals surface area contributed by atoms with Crippen LogP contribution < -0.4 is 5.32 Å². The number of aromatic nitrogens is 1. The SMILES string of the molecule is c1ccc2ncc(CNC3CCOCC3)cc2c1. The van der Waals surface area contributed by atoms with Crippen LogP contribution in [0.15, 0.2) is 36.5 Å². The molecule has 94 valence electrons. The molecule has 0 amide bonds. The third-order valence-electron chi connectivity index (χ3n) is 3.46. The highest BCUT2D eigenvalue weighted by Gasteiger charge is 2.12. The lowest BCUT2D eigenvalue weighted by atomic mass is 10.1. The van der Waals surface area contributed by atoms with Crippen molar-refractivity contribution in [3.63, 3.8) is 0 Å². The first-order chi connectivity index (χ1) is 8.92. The molecule has 1 fully saturated rings. The molecule has 0 atom stereocenters. The summed E-state index contributed by atoms with van der Waals surface area (Å²) in [6, 6.07) is 11.0. The van der Waals surface area contributed by atoms with Crippen LogP contribution in [0.5, 0.6) is 0 Å². The van der Waals surface area contributed by atoms with E-state index in [0.29, 0.717) is 6.04 Å². The second-order valence-electron chi connectivity index (χ2n) is 4.80. The molecule has 2 aromatic rings. The fourth-order valence-electron chi connectivity index (χ4n) is 2.38. The average molecular weight is 242 g/mol. The Balaban J connectivity index is 1.66. The minimum absolute atomic E-state index is 0.588. The first-order valence-electron chi connectivity index (χ1n) is 6.56. The maximum atomic E-state index is 5.36. The molecule has 1 N–H and O–H groups in total. The Morgan fingerprint density at radius 1 is 1.22 bits per heavy atom. The summed E-state index contributed by atoms with van der Waals surface area (Å²) in [6.45, 7) is 2.66. The number of ether oxygens (including phenoxy) is 1. The van der Waals surface area contributed by atoms with Crippen LogP contribution in [0.25, 0.3) is 10.9 Å². The van der Waals surface area contributed by atoms with E-state index in [1.54, 1.807) is 0 Å². The third kappa shape index (κ3) is 2.68. The summed E-state index contributed by atoms with van der Waals surface area (Å²) in [5.74, 6) is 0. The van der Waals surface area contributed by atoms with E-state index in [4.69, 9.17) is 4.74 Å². The van der Waals surface area contributed by atoms with Gasteiger partial charge in [0.2, 0.25) is 0 Å². The Hall–Kier alpha value is -1.45. The van der Waals surface area contributed by atoms with Gasteiger partial charge in [0.1, 0.15) is 0 Å². The van der Waals surface area contributed by atoms with Gasteiger partial charge in [-0.3, -0.25) is 4.98 Å². The topological polar surface area (TPSA) is 34.2 Å². The van der Waals surface area contributed by atoms with Gasteiger partial charge in [-0.2, -0.15) is 0 Å². The van der Waals surface area contributed by atoms with E-state index in [-0.39, 0.29) is 0 Å².